The SMILES string of the molecule is O=C(O)c1cccc(CNCc2cccc(-n3cccn3)c2)c1. The van der Waals surface area contributed by atoms with E-state index in [4.69, 9.17) is 5.11 Å². The summed E-state index contributed by atoms with van der Waals surface area (Å²) in [4.78, 5) is 11.0. The van der Waals surface area contributed by atoms with Crippen LogP contribution in [0, 0.1) is 0 Å². The van der Waals surface area contributed by atoms with E-state index in [0.29, 0.717) is 18.7 Å². The van der Waals surface area contributed by atoms with E-state index < -0.39 is 5.97 Å². The zero-order valence-corrected chi connectivity index (χ0v) is 12.5. The number of nitrogens with zero attached hydrogens (tertiary/aromatic N) is 2. The smallest absolute Gasteiger partial charge is 0.335 e. The van der Waals surface area contributed by atoms with Gasteiger partial charge in [-0.3, -0.25) is 0 Å². The minimum atomic E-state index is -0.904. The minimum Gasteiger partial charge on any atom is -0.478 e. The number of benzene rings is 2. The molecule has 116 valence electrons. The summed E-state index contributed by atoms with van der Waals surface area (Å²) in [5.74, 6) is -0.904. The Balaban J connectivity index is 1.62. The van der Waals surface area contributed by atoms with Crippen molar-refractivity contribution in [3.63, 3.8) is 0 Å². The third-order valence-corrected chi connectivity index (χ3v) is 3.51. The molecule has 5 nitrogen and oxygen atoms in total. The minimum absolute atomic E-state index is 0.310. The predicted molar refractivity (Wildman–Crippen MR) is 87.5 cm³/mol. The van der Waals surface area contributed by atoms with Gasteiger partial charge in [-0.1, -0.05) is 24.3 Å². The second-order valence-electron chi connectivity index (χ2n) is 5.23. The molecule has 0 radical (unpaired) electrons. The first-order valence-electron chi connectivity index (χ1n) is 7.34. The van der Waals surface area contributed by atoms with Crippen LogP contribution in [0.25, 0.3) is 5.69 Å². The molecular weight excluding hydrogens is 290 g/mol. The average Bonchev–Trinajstić information content (AvgIpc) is 3.10. The molecular formula is C18H17N3O2. The van der Waals surface area contributed by atoms with E-state index >= 15 is 0 Å². The Morgan fingerprint density at radius 2 is 1.78 bits per heavy atom. The van der Waals surface area contributed by atoms with Crippen molar-refractivity contribution in [2.45, 2.75) is 13.1 Å². The van der Waals surface area contributed by atoms with Crippen LogP contribution in [0.3, 0.4) is 0 Å². The fourth-order valence-corrected chi connectivity index (χ4v) is 2.40. The maximum Gasteiger partial charge on any atom is 0.335 e. The fraction of sp³-hybridized carbons (Fsp3) is 0.111. The molecule has 3 aromatic rings. The number of carboxylic acids is 1. The molecule has 5 heteroatoms. The first-order valence-corrected chi connectivity index (χ1v) is 7.34. The number of rotatable bonds is 6. The lowest BCUT2D eigenvalue weighted by molar-refractivity contribution is 0.0696. The molecule has 0 bridgehead atoms. The summed E-state index contributed by atoms with van der Waals surface area (Å²) in [6.07, 6.45) is 3.66. The van der Waals surface area contributed by atoms with Crippen molar-refractivity contribution in [3.05, 3.63) is 83.7 Å². The molecule has 0 saturated carbocycles. The van der Waals surface area contributed by atoms with Gasteiger partial charge in [-0.15, -0.1) is 0 Å². The summed E-state index contributed by atoms with van der Waals surface area (Å²) >= 11 is 0. The number of aromatic nitrogens is 2. The topological polar surface area (TPSA) is 67.2 Å². The highest BCUT2D eigenvalue weighted by atomic mass is 16.4. The number of aromatic carboxylic acids is 1. The van der Waals surface area contributed by atoms with Crippen LogP contribution < -0.4 is 5.32 Å². The van der Waals surface area contributed by atoms with Crippen LogP contribution in [0.2, 0.25) is 0 Å². The van der Waals surface area contributed by atoms with Gasteiger partial charge in [0.2, 0.25) is 0 Å². The maximum absolute atomic E-state index is 11.0. The third kappa shape index (κ3) is 3.84. The molecule has 1 heterocycles. The Kier molecular flexibility index (Phi) is 4.49. The van der Waals surface area contributed by atoms with Crippen molar-refractivity contribution in [3.8, 4) is 5.69 Å². The van der Waals surface area contributed by atoms with Gasteiger partial charge in [0.1, 0.15) is 0 Å². The van der Waals surface area contributed by atoms with Gasteiger partial charge in [0, 0.05) is 25.5 Å². The molecule has 0 spiro atoms. The van der Waals surface area contributed by atoms with Crippen molar-refractivity contribution >= 4 is 5.97 Å². The standard InChI is InChI=1S/C18H17N3O2/c22-18(23)16-6-1-4-14(10-16)12-19-13-15-5-2-7-17(11-15)21-9-3-8-20-21/h1-11,19H,12-13H2,(H,22,23). The molecule has 0 amide bonds. The summed E-state index contributed by atoms with van der Waals surface area (Å²) in [7, 11) is 0. The summed E-state index contributed by atoms with van der Waals surface area (Å²) in [5, 5.41) is 16.6. The summed E-state index contributed by atoms with van der Waals surface area (Å²) < 4.78 is 1.82. The van der Waals surface area contributed by atoms with Gasteiger partial charge in [0.05, 0.1) is 11.3 Å². The van der Waals surface area contributed by atoms with E-state index in [1.54, 1.807) is 24.4 Å². The summed E-state index contributed by atoms with van der Waals surface area (Å²) in [6, 6.07) is 17.0. The van der Waals surface area contributed by atoms with Gasteiger partial charge in [-0.2, -0.15) is 5.10 Å². The third-order valence-electron chi connectivity index (χ3n) is 3.51. The number of carbonyl (C=O) groups is 1. The maximum atomic E-state index is 11.0. The van der Waals surface area contributed by atoms with Crippen molar-refractivity contribution in [1.29, 1.82) is 0 Å². The van der Waals surface area contributed by atoms with E-state index in [9.17, 15) is 4.79 Å². The van der Waals surface area contributed by atoms with Crippen molar-refractivity contribution in [1.82, 2.24) is 15.1 Å². The zero-order valence-electron chi connectivity index (χ0n) is 12.5. The van der Waals surface area contributed by atoms with Crippen molar-refractivity contribution < 1.29 is 9.90 Å². The van der Waals surface area contributed by atoms with Crippen molar-refractivity contribution in [2.75, 3.05) is 0 Å². The number of hydrogen-bond donors (Lipinski definition) is 2. The first kappa shape index (κ1) is 15.0. The lowest BCUT2D eigenvalue weighted by atomic mass is 10.1. The van der Waals surface area contributed by atoms with E-state index in [0.717, 1.165) is 16.8 Å². The largest absolute Gasteiger partial charge is 0.478 e. The van der Waals surface area contributed by atoms with Crippen molar-refractivity contribution in [2.24, 2.45) is 0 Å². The highest BCUT2D eigenvalue weighted by Crippen LogP contribution is 2.10. The molecule has 0 atom stereocenters. The van der Waals surface area contributed by atoms with Crippen LogP contribution in [0.15, 0.2) is 67.0 Å². The molecule has 0 fully saturated rings. The van der Waals surface area contributed by atoms with Gasteiger partial charge < -0.3 is 10.4 Å². The Labute approximate surface area is 134 Å². The first-order chi connectivity index (χ1) is 11.2. The molecule has 3 rings (SSSR count). The zero-order chi connectivity index (χ0) is 16.1. The van der Waals surface area contributed by atoms with Gasteiger partial charge in [0.25, 0.3) is 0 Å². The lowest BCUT2D eigenvalue weighted by Crippen LogP contribution is -2.13. The second-order valence-corrected chi connectivity index (χ2v) is 5.23. The molecule has 0 aliphatic heterocycles. The van der Waals surface area contributed by atoms with Crippen LogP contribution in [0.1, 0.15) is 21.5 Å². The second kappa shape index (κ2) is 6.89. The lowest BCUT2D eigenvalue weighted by Gasteiger charge is -2.08. The van der Waals surface area contributed by atoms with Crippen LogP contribution in [-0.2, 0) is 13.1 Å². The molecule has 23 heavy (non-hydrogen) atoms. The highest BCUT2D eigenvalue weighted by molar-refractivity contribution is 5.87. The highest BCUT2D eigenvalue weighted by Gasteiger charge is 2.03. The molecule has 0 saturated heterocycles. The summed E-state index contributed by atoms with van der Waals surface area (Å²) in [5.41, 5.74) is 3.42. The molecule has 1 aromatic heterocycles. The van der Waals surface area contributed by atoms with E-state index in [-0.39, 0.29) is 0 Å². The number of hydrogen-bond acceptors (Lipinski definition) is 3. The Hall–Kier alpha value is -2.92. The van der Waals surface area contributed by atoms with Gasteiger partial charge >= 0.3 is 5.97 Å². The van der Waals surface area contributed by atoms with Crippen LogP contribution in [0.5, 0.6) is 0 Å². The number of carboxylic acid groups (broad SMARTS) is 1. The molecule has 0 unspecified atom stereocenters. The monoisotopic (exact) mass is 307 g/mol. The van der Waals surface area contributed by atoms with E-state index in [2.05, 4.69) is 16.5 Å². The van der Waals surface area contributed by atoms with E-state index in [1.165, 1.54) is 0 Å². The van der Waals surface area contributed by atoms with Crippen LogP contribution >= 0.6 is 0 Å². The molecule has 2 N–H and O–H groups in total. The molecule has 2 aromatic carbocycles. The van der Waals surface area contributed by atoms with Gasteiger partial charge in [-0.05, 0) is 41.5 Å². The van der Waals surface area contributed by atoms with Gasteiger partial charge in [-0.25, -0.2) is 9.48 Å². The Bertz CT molecular complexity index is 798. The Morgan fingerprint density at radius 1 is 1.04 bits per heavy atom. The van der Waals surface area contributed by atoms with Crippen LogP contribution in [-0.4, -0.2) is 20.9 Å². The summed E-state index contributed by atoms with van der Waals surface area (Å²) in [6.45, 7) is 1.32. The van der Waals surface area contributed by atoms with Crippen LogP contribution in [0.4, 0.5) is 0 Å². The Morgan fingerprint density at radius 3 is 2.48 bits per heavy atom. The molecule has 0 aliphatic carbocycles. The fourth-order valence-electron chi connectivity index (χ4n) is 2.40. The normalized spacial score (nSPS) is 10.6. The van der Waals surface area contributed by atoms with E-state index in [1.807, 2.05) is 41.2 Å². The molecule has 0 aliphatic rings. The van der Waals surface area contributed by atoms with Gasteiger partial charge in [0.15, 0.2) is 0 Å². The average molecular weight is 307 g/mol. The predicted octanol–water partition coefficient (Wildman–Crippen LogP) is 2.86. The quantitative estimate of drug-likeness (QED) is 0.735. The number of nitrogens with one attached hydrogen (secondary N) is 1.